The molecule has 1 spiro atoms. The van der Waals surface area contributed by atoms with E-state index < -0.39 is 0 Å². The van der Waals surface area contributed by atoms with E-state index >= 15 is 0 Å². The first-order valence-corrected chi connectivity index (χ1v) is 10.3. The molecule has 4 heterocycles. The van der Waals surface area contributed by atoms with Crippen LogP contribution in [-0.2, 0) is 0 Å². The van der Waals surface area contributed by atoms with Crippen LogP contribution >= 0.6 is 0 Å². The molecule has 2 aliphatic heterocycles. The first-order chi connectivity index (χ1) is 14.0. The number of aromatic amines is 1. The Labute approximate surface area is 168 Å². The maximum Gasteiger partial charge on any atom is 0.252 e. The average molecular weight is 389 g/mol. The molecule has 1 saturated carbocycles. The van der Waals surface area contributed by atoms with Gasteiger partial charge in [0.25, 0.3) is 5.91 Å². The van der Waals surface area contributed by atoms with Gasteiger partial charge in [0.15, 0.2) is 5.65 Å². The fourth-order valence-electron chi connectivity index (χ4n) is 5.65. The van der Waals surface area contributed by atoms with E-state index in [2.05, 4.69) is 25.4 Å². The van der Waals surface area contributed by atoms with Gasteiger partial charge in [-0.15, -0.1) is 0 Å². The molecule has 0 radical (unpaired) electrons. The molecule has 3 atom stereocenters. The van der Waals surface area contributed by atoms with E-state index in [9.17, 15) is 9.90 Å². The number of rotatable bonds is 3. The third-order valence-electron chi connectivity index (χ3n) is 7.36. The van der Waals surface area contributed by atoms with Crippen molar-refractivity contribution in [2.24, 2.45) is 5.92 Å². The lowest BCUT2D eigenvalue weighted by atomic mass is 9.61. The lowest BCUT2D eigenvalue weighted by Crippen LogP contribution is -2.64. The van der Waals surface area contributed by atoms with Crippen molar-refractivity contribution in [1.82, 2.24) is 25.4 Å². The predicted molar refractivity (Wildman–Crippen MR) is 109 cm³/mol. The molecule has 3 unspecified atom stereocenters. The zero-order valence-corrected chi connectivity index (χ0v) is 16.3. The number of benzene rings is 1. The summed E-state index contributed by atoms with van der Waals surface area (Å²) in [7, 11) is 0. The fraction of sp³-hybridized carbons (Fsp3) is 0.409. The number of hydrogen-bond donors (Lipinski definition) is 3. The topological polar surface area (TPSA) is 94.1 Å². The van der Waals surface area contributed by atoms with Gasteiger partial charge in [-0.25, -0.2) is 4.98 Å². The van der Waals surface area contributed by atoms with Gasteiger partial charge in [-0.3, -0.25) is 14.8 Å². The summed E-state index contributed by atoms with van der Waals surface area (Å²) in [6, 6.07) is 8.90. The monoisotopic (exact) mass is 389 g/mol. The zero-order valence-electron chi connectivity index (χ0n) is 16.3. The van der Waals surface area contributed by atoms with Crippen LogP contribution in [0.25, 0.3) is 22.3 Å². The van der Waals surface area contributed by atoms with Crippen LogP contribution in [0, 0.1) is 12.8 Å². The van der Waals surface area contributed by atoms with Crippen LogP contribution in [0.5, 0.6) is 5.75 Å². The van der Waals surface area contributed by atoms with Crippen molar-refractivity contribution in [2.75, 3.05) is 13.1 Å². The minimum atomic E-state index is -0.0588. The molecule has 7 nitrogen and oxygen atoms in total. The van der Waals surface area contributed by atoms with Crippen LogP contribution in [-0.4, -0.2) is 55.8 Å². The molecule has 3 fully saturated rings. The maximum atomic E-state index is 13.4. The molecule has 148 valence electrons. The lowest BCUT2D eigenvalue weighted by molar-refractivity contribution is -0.0676. The van der Waals surface area contributed by atoms with Crippen molar-refractivity contribution in [3.63, 3.8) is 0 Å². The van der Waals surface area contributed by atoms with Gasteiger partial charge in [0.1, 0.15) is 5.75 Å². The summed E-state index contributed by atoms with van der Waals surface area (Å²) in [5.41, 5.74) is 3.88. The highest BCUT2D eigenvalue weighted by Gasteiger charge is 2.63. The van der Waals surface area contributed by atoms with E-state index in [1.54, 1.807) is 24.3 Å². The van der Waals surface area contributed by atoms with Crippen molar-refractivity contribution in [3.8, 4) is 17.0 Å². The van der Waals surface area contributed by atoms with Gasteiger partial charge in [-0.1, -0.05) is 0 Å². The van der Waals surface area contributed by atoms with E-state index in [1.165, 1.54) is 19.3 Å². The Bertz CT molecular complexity index is 1130. The molecule has 29 heavy (non-hydrogen) atoms. The van der Waals surface area contributed by atoms with Gasteiger partial charge in [0.2, 0.25) is 0 Å². The molecule has 1 aliphatic carbocycles. The number of pyridine rings is 1. The molecular formula is C22H23N5O2. The molecular weight excluding hydrogens is 366 g/mol. The molecule has 0 bridgehead atoms. The van der Waals surface area contributed by atoms with E-state index in [-0.39, 0.29) is 17.7 Å². The fourth-order valence-corrected chi connectivity index (χ4v) is 5.65. The number of amides is 1. The van der Waals surface area contributed by atoms with Crippen molar-refractivity contribution in [2.45, 2.75) is 37.8 Å². The third-order valence-corrected chi connectivity index (χ3v) is 7.36. The number of aryl methyl sites for hydroxylation is 1. The SMILES string of the molecule is Cc1n[nH]c2nc(-c3ccc(O)cc3)cc(C(=O)NC3CN4CCC45CCC35)c12. The molecule has 7 heteroatoms. The molecule has 3 aromatic rings. The summed E-state index contributed by atoms with van der Waals surface area (Å²) in [6.07, 6.45) is 3.75. The highest BCUT2D eigenvalue weighted by Crippen LogP contribution is 2.57. The van der Waals surface area contributed by atoms with E-state index in [0.29, 0.717) is 28.4 Å². The van der Waals surface area contributed by atoms with Gasteiger partial charge in [0.05, 0.1) is 22.3 Å². The summed E-state index contributed by atoms with van der Waals surface area (Å²) in [5, 5.41) is 20.9. The van der Waals surface area contributed by atoms with Gasteiger partial charge in [-0.05, 0) is 62.4 Å². The smallest absolute Gasteiger partial charge is 0.252 e. The van der Waals surface area contributed by atoms with Crippen LogP contribution in [0.1, 0.15) is 35.3 Å². The number of fused-ring (bicyclic) bond motifs is 1. The standard InChI is InChI=1S/C22H23N5O2/c1-12-19-15(21(29)24-18-11-27-9-8-22(27)7-6-16(18)22)10-17(23-20(19)26-25-12)13-2-4-14(28)5-3-13/h2-5,10,16,18,28H,6-9,11H2,1H3,(H,24,29)(H,23,25,26). The quantitative estimate of drug-likeness (QED) is 0.640. The third kappa shape index (κ3) is 2.31. The van der Waals surface area contributed by atoms with Crippen molar-refractivity contribution < 1.29 is 9.90 Å². The Hall–Kier alpha value is -2.93. The molecule has 6 rings (SSSR count). The average Bonchev–Trinajstić information content (AvgIpc) is 3.10. The minimum absolute atomic E-state index is 0.0588. The number of carbonyl (C=O) groups is 1. The number of H-pyrrole nitrogens is 1. The Morgan fingerprint density at radius 1 is 1.31 bits per heavy atom. The second-order valence-electron chi connectivity index (χ2n) is 8.66. The Morgan fingerprint density at radius 3 is 2.79 bits per heavy atom. The molecule has 3 aliphatic rings. The Kier molecular flexibility index (Phi) is 3.39. The Balaban J connectivity index is 1.37. The van der Waals surface area contributed by atoms with Crippen LogP contribution in [0.2, 0.25) is 0 Å². The first kappa shape index (κ1) is 17.0. The summed E-state index contributed by atoms with van der Waals surface area (Å²) in [5.74, 6) is 0.724. The number of hydrogen-bond acceptors (Lipinski definition) is 5. The number of nitrogens with zero attached hydrogens (tertiary/aromatic N) is 3. The van der Waals surface area contributed by atoms with Crippen LogP contribution in [0.4, 0.5) is 0 Å². The summed E-state index contributed by atoms with van der Waals surface area (Å²) in [6.45, 7) is 4.01. The Morgan fingerprint density at radius 2 is 2.14 bits per heavy atom. The maximum absolute atomic E-state index is 13.4. The van der Waals surface area contributed by atoms with Crippen LogP contribution in [0.3, 0.4) is 0 Å². The zero-order chi connectivity index (χ0) is 19.8. The number of carbonyl (C=O) groups excluding carboxylic acids is 1. The van der Waals surface area contributed by atoms with E-state index in [0.717, 1.165) is 29.7 Å². The molecule has 1 aromatic carbocycles. The lowest BCUT2D eigenvalue weighted by Gasteiger charge is -2.58. The minimum Gasteiger partial charge on any atom is -0.508 e. The molecule has 3 N–H and O–H groups in total. The largest absolute Gasteiger partial charge is 0.508 e. The number of nitrogens with one attached hydrogen (secondary N) is 2. The van der Waals surface area contributed by atoms with Gasteiger partial charge in [-0.2, -0.15) is 5.10 Å². The van der Waals surface area contributed by atoms with Gasteiger partial charge < -0.3 is 10.4 Å². The number of aromatic hydroxyl groups is 1. The summed E-state index contributed by atoms with van der Waals surface area (Å²) >= 11 is 0. The second-order valence-corrected chi connectivity index (χ2v) is 8.66. The number of aromatic nitrogens is 3. The van der Waals surface area contributed by atoms with Gasteiger partial charge >= 0.3 is 0 Å². The number of phenols is 1. The van der Waals surface area contributed by atoms with Gasteiger partial charge in [0, 0.05) is 30.2 Å². The van der Waals surface area contributed by atoms with Crippen LogP contribution in [0.15, 0.2) is 30.3 Å². The highest BCUT2D eigenvalue weighted by atomic mass is 16.3. The number of phenolic OH excluding ortho intramolecular Hbond substituents is 1. The second kappa shape index (κ2) is 5.79. The molecule has 2 aromatic heterocycles. The van der Waals surface area contributed by atoms with E-state index in [4.69, 9.17) is 0 Å². The summed E-state index contributed by atoms with van der Waals surface area (Å²) < 4.78 is 0. The highest BCUT2D eigenvalue weighted by molar-refractivity contribution is 6.07. The first-order valence-electron chi connectivity index (χ1n) is 10.3. The predicted octanol–water partition coefficient (Wildman–Crippen LogP) is 2.61. The van der Waals surface area contributed by atoms with Crippen molar-refractivity contribution in [3.05, 3.63) is 41.6 Å². The van der Waals surface area contributed by atoms with Crippen molar-refractivity contribution >= 4 is 16.9 Å². The summed E-state index contributed by atoms with van der Waals surface area (Å²) in [4.78, 5) is 20.6. The molecule has 2 saturated heterocycles. The van der Waals surface area contributed by atoms with Crippen molar-refractivity contribution in [1.29, 1.82) is 0 Å². The molecule has 1 amide bonds. The van der Waals surface area contributed by atoms with Crippen LogP contribution < -0.4 is 5.32 Å². The normalized spacial score (nSPS) is 27.8. The van der Waals surface area contributed by atoms with E-state index in [1.807, 2.05) is 13.0 Å².